The highest BCUT2D eigenvalue weighted by Crippen LogP contribution is 2.30. The Morgan fingerprint density at radius 3 is 2.89 bits per heavy atom. The highest BCUT2D eigenvalue weighted by atomic mass is 19.1. The van der Waals surface area contributed by atoms with Crippen molar-refractivity contribution in [3.8, 4) is 0 Å². The molecule has 0 bridgehead atoms. The third kappa shape index (κ3) is 5.01. The van der Waals surface area contributed by atoms with Gasteiger partial charge in [-0.3, -0.25) is 4.79 Å². The Hall–Kier alpha value is -4.21. The predicted octanol–water partition coefficient (Wildman–Crippen LogP) is 4.03. The molecular formula is C25H25FN6O3. The molecule has 0 atom stereocenters. The van der Waals surface area contributed by atoms with E-state index in [0.717, 1.165) is 24.0 Å². The number of rotatable bonds is 8. The van der Waals surface area contributed by atoms with Crippen LogP contribution in [0.1, 0.15) is 42.1 Å². The van der Waals surface area contributed by atoms with Crippen molar-refractivity contribution in [3.63, 3.8) is 0 Å². The molecule has 9 nitrogen and oxygen atoms in total. The minimum Gasteiger partial charge on any atom is -0.462 e. The first-order chi connectivity index (χ1) is 16.9. The van der Waals surface area contributed by atoms with Gasteiger partial charge in [0.2, 0.25) is 5.91 Å². The number of anilines is 3. The standard InChI is InChI=1S/C25H25FN6O3/c1-3-35-25(34)17-7-19(26)10-20(8-17)30-21-11-22(27-12-15-4-5-15)32-24(31-21)18(13-28-32)6-16-9-23(33)29-14(16)2/h6-8,10-11,13,15,27H,2-5,9,12H2,1H3,(H,29,33)(H,30,31)/b16-6+. The van der Waals surface area contributed by atoms with Crippen LogP contribution in [0.15, 0.2) is 48.3 Å². The lowest BCUT2D eigenvalue weighted by atomic mass is 10.1. The number of aromatic nitrogens is 3. The van der Waals surface area contributed by atoms with E-state index >= 15 is 0 Å². The molecule has 1 amide bonds. The summed E-state index contributed by atoms with van der Waals surface area (Å²) in [7, 11) is 0. The lowest BCUT2D eigenvalue weighted by molar-refractivity contribution is -0.118. The summed E-state index contributed by atoms with van der Waals surface area (Å²) in [6.07, 6.45) is 6.13. The van der Waals surface area contributed by atoms with Crippen molar-refractivity contribution in [2.24, 2.45) is 5.92 Å². The second kappa shape index (κ2) is 9.21. The number of esters is 1. The van der Waals surface area contributed by atoms with E-state index in [9.17, 15) is 14.0 Å². The molecule has 0 spiro atoms. The van der Waals surface area contributed by atoms with Crippen molar-refractivity contribution in [1.29, 1.82) is 0 Å². The normalized spacial score (nSPS) is 16.6. The summed E-state index contributed by atoms with van der Waals surface area (Å²) in [4.78, 5) is 28.5. The van der Waals surface area contributed by atoms with E-state index in [2.05, 4.69) is 27.6 Å². The third-order valence-electron chi connectivity index (χ3n) is 5.81. The second-order valence-corrected chi connectivity index (χ2v) is 8.63. The summed E-state index contributed by atoms with van der Waals surface area (Å²) < 4.78 is 20.9. The number of carbonyl (C=O) groups is 2. The fraction of sp³-hybridized carbons (Fsp3) is 0.280. The number of nitrogens with one attached hydrogen (secondary N) is 3. The van der Waals surface area contributed by atoms with Crippen LogP contribution in [0.4, 0.5) is 21.7 Å². The first-order valence-electron chi connectivity index (χ1n) is 11.5. The summed E-state index contributed by atoms with van der Waals surface area (Å²) in [5.74, 6) is 0.503. The fourth-order valence-electron chi connectivity index (χ4n) is 3.88. The smallest absolute Gasteiger partial charge is 0.338 e. The molecule has 3 N–H and O–H groups in total. The zero-order valence-electron chi connectivity index (χ0n) is 19.2. The summed E-state index contributed by atoms with van der Waals surface area (Å²) in [6, 6.07) is 5.72. The minimum absolute atomic E-state index is 0.106. The molecule has 0 radical (unpaired) electrons. The number of allylic oxidation sites excluding steroid dienone is 1. The Kier molecular flexibility index (Phi) is 5.94. The Bertz CT molecular complexity index is 1380. The van der Waals surface area contributed by atoms with Gasteiger partial charge in [-0.2, -0.15) is 9.61 Å². The van der Waals surface area contributed by atoms with Gasteiger partial charge in [0, 0.05) is 29.6 Å². The van der Waals surface area contributed by atoms with Gasteiger partial charge in [0.15, 0.2) is 5.65 Å². The van der Waals surface area contributed by atoms with Gasteiger partial charge in [0.05, 0.1) is 24.8 Å². The van der Waals surface area contributed by atoms with E-state index in [4.69, 9.17) is 9.72 Å². The van der Waals surface area contributed by atoms with Crippen LogP contribution < -0.4 is 16.0 Å². The van der Waals surface area contributed by atoms with E-state index in [0.29, 0.717) is 34.3 Å². The van der Waals surface area contributed by atoms with Crippen molar-refractivity contribution >= 4 is 40.9 Å². The number of hydrogen-bond acceptors (Lipinski definition) is 7. The Labute approximate surface area is 201 Å². The third-order valence-corrected chi connectivity index (χ3v) is 5.81. The van der Waals surface area contributed by atoms with E-state index in [1.165, 1.54) is 25.0 Å². The predicted molar refractivity (Wildman–Crippen MR) is 130 cm³/mol. The quantitative estimate of drug-likeness (QED) is 0.421. The van der Waals surface area contributed by atoms with Crippen molar-refractivity contribution < 1.29 is 18.7 Å². The van der Waals surface area contributed by atoms with Crippen molar-refractivity contribution in [2.45, 2.75) is 26.2 Å². The Balaban J connectivity index is 1.52. The molecular weight excluding hydrogens is 451 g/mol. The van der Waals surface area contributed by atoms with Crippen molar-refractivity contribution in [1.82, 2.24) is 19.9 Å². The van der Waals surface area contributed by atoms with Crippen LogP contribution in [0, 0.1) is 11.7 Å². The largest absolute Gasteiger partial charge is 0.462 e. The number of ether oxygens (including phenoxy) is 1. The maximum absolute atomic E-state index is 14.2. The van der Waals surface area contributed by atoms with Crippen LogP contribution in [-0.4, -0.2) is 39.6 Å². The SMILES string of the molecule is C=C1NC(=O)C/C1=C\c1cnn2c(NCC3CC3)cc(Nc3cc(F)cc(C(=O)OCC)c3)nc12. The molecule has 3 aromatic rings. The molecule has 3 heterocycles. The number of halogens is 1. The van der Waals surface area contributed by atoms with Crippen LogP contribution in [0.5, 0.6) is 0 Å². The van der Waals surface area contributed by atoms with E-state index in [1.807, 2.05) is 6.08 Å². The Morgan fingerprint density at radius 1 is 1.34 bits per heavy atom. The van der Waals surface area contributed by atoms with E-state index < -0.39 is 11.8 Å². The second-order valence-electron chi connectivity index (χ2n) is 8.63. The van der Waals surface area contributed by atoms with Crippen LogP contribution in [0.2, 0.25) is 0 Å². The van der Waals surface area contributed by atoms with Crippen LogP contribution in [0.3, 0.4) is 0 Å². The van der Waals surface area contributed by atoms with Crippen molar-refractivity contribution in [3.05, 3.63) is 65.3 Å². The maximum Gasteiger partial charge on any atom is 0.338 e. The van der Waals surface area contributed by atoms with Gasteiger partial charge in [0.25, 0.3) is 0 Å². The number of fused-ring (bicyclic) bond motifs is 1. The number of amides is 1. The molecule has 0 unspecified atom stereocenters. The zero-order valence-corrected chi connectivity index (χ0v) is 19.2. The van der Waals surface area contributed by atoms with Crippen LogP contribution in [0.25, 0.3) is 11.7 Å². The van der Waals surface area contributed by atoms with Gasteiger partial charge in [0.1, 0.15) is 17.5 Å². The summed E-state index contributed by atoms with van der Waals surface area (Å²) >= 11 is 0. The topological polar surface area (TPSA) is 110 Å². The van der Waals surface area contributed by atoms with E-state index in [1.54, 1.807) is 23.7 Å². The summed E-state index contributed by atoms with van der Waals surface area (Å²) in [5.41, 5.74) is 3.05. The molecule has 1 aliphatic carbocycles. The number of benzene rings is 1. The molecule has 1 saturated carbocycles. The minimum atomic E-state index is -0.602. The zero-order chi connectivity index (χ0) is 24.5. The van der Waals surface area contributed by atoms with Crippen molar-refractivity contribution in [2.75, 3.05) is 23.8 Å². The lowest BCUT2D eigenvalue weighted by Crippen LogP contribution is -2.10. The molecule has 2 fully saturated rings. The molecule has 180 valence electrons. The summed E-state index contributed by atoms with van der Waals surface area (Å²) in [5, 5.41) is 13.7. The van der Waals surface area contributed by atoms with Gasteiger partial charge in [-0.05, 0) is 55.5 Å². The molecule has 5 rings (SSSR count). The maximum atomic E-state index is 14.2. The average Bonchev–Trinajstić information content (AvgIpc) is 3.48. The molecule has 35 heavy (non-hydrogen) atoms. The fourth-order valence-corrected chi connectivity index (χ4v) is 3.88. The lowest BCUT2D eigenvalue weighted by Gasteiger charge is -2.13. The van der Waals surface area contributed by atoms with Crippen LogP contribution in [-0.2, 0) is 9.53 Å². The first-order valence-corrected chi connectivity index (χ1v) is 11.5. The Morgan fingerprint density at radius 2 is 2.17 bits per heavy atom. The molecule has 1 aliphatic heterocycles. The van der Waals surface area contributed by atoms with Gasteiger partial charge >= 0.3 is 5.97 Å². The monoisotopic (exact) mass is 476 g/mol. The number of carbonyl (C=O) groups excluding carboxylic acids is 2. The highest BCUT2D eigenvalue weighted by Gasteiger charge is 2.23. The number of hydrogen-bond donors (Lipinski definition) is 3. The number of nitrogens with zero attached hydrogens (tertiary/aromatic N) is 3. The van der Waals surface area contributed by atoms with Gasteiger partial charge in [-0.15, -0.1) is 0 Å². The van der Waals surface area contributed by atoms with Gasteiger partial charge in [-0.25, -0.2) is 14.2 Å². The van der Waals surface area contributed by atoms with E-state index in [-0.39, 0.29) is 24.5 Å². The van der Waals surface area contributed by atoms with Crippen LogP contribution >= 0.6 is 0 Å². The van der Waals surface area contributed by atoms with Gasteiger partial charge < -0.3 is 20.7 Å². The molecule has 1 saturated heterocycles. The van der Waals surface area contributed by atoms with Gasteiger partial charge in [-0.1, -0.05) is 6.58 Å². The molecule has 2 aliphatic rings. The molecule has 2 aromatic heterocycles. The average molecular weight is 477 g/mol. The highest BCUT2D eigenvalue weighted by molar-refractivity contribution is 5.91. The first kappa shape index (κ1) is 22.6. The molecule has 1 aromatic carbocycles. The molecule has 10 heteroatoms. The summed E-state index contributed by atoms with van der Waals surface area (Å²) in [6.45, 7) is 6.58.